The highest BCUT2D eigenvalue weighted by Gasteiger charge is 2.27. The molecule has 2 unspecified atom stereocenters. The zero-order chi connectivity index (χ0) is 12.5. The van der Waals surface area contributed by atoms with Gasteiger partial charge in [0.05, 0.1) is 5.69 Å². The lowest BCUT2D eigenvalue weighted by atomic mass is 9.98. The van der Waals surface area contributed by atoms with Gasteiger partial charge >= 0.3 is 0 Å². The van der Waals surface area contributed by atoms with Crippen molar-refractivity contribution in [2.75, 3.05) is 30.5 Å². The minimum absolute atomic E-state index is 0.534. The van der Waals surface area contributed by atoms with Crippen LogP contribution in [-0.2, 0) is 6.42 Å². The van der Waals surface area contributed by atoms with Crippen LogP contribution in [-0.4, -0.2) is 36.6 Å². The summed E-state index contributed by atoms with van der Waals surface area (Å²) >= 11 is 3.97. The number of hydrogen-bond donors (Lipinski definition) is 1. The number of thiazole rings is 1. The number of anilines is 1. The molecule has 0 radical (unpaired) electrons. The van der Waals surface area contributed by atoms with Gasteiger partial charge in [-0.2, -0.15) is 11.8 Å². The van der Waals surface area contributed by atoms with Gasteiger partial charge in [0.2, 0.25) is 0 Å². The van der Waals surface area contributed by atoms with E-state index >= 15 is 0 Å². The maximum atomic E-state index is 4.89. The molecule has 0 spiro atoms. The summed E-state index contributed by atoms with van der Waals surface area (Å²) in [6, 6.07) is 1.22. The van der Waals surface area contributed by atoms with Crippen LogP contribution in [0.15, 0.2) is 0 Å². The predicted octanol–water partition coefficient (Wildman–Crippen LogP) is 2.68. The van der Waals surface area contributed by atoms with E-state index in [-0.39, 0.29) is 0 Å². The lowest BCUT2D eigenvalue weighted by molar-refractivity contribution is 0.501. The molecule has 1 aliphatic heterocycles. The number of hydrogen-bond acceptors (Lipinski definition) is 5. The first-order valence-electron chi connectivity index (χ1n) is 6.77. The van der Waals surface area contributed by atoms with E-state index in [0.29, 0.717) is 12.1 Å². The first-order valence-corrected chi connectivity index (χ1v) is 8.74. The highest BCUT2D eigenvalue weighted by Crippen LogP contribution is 2.38. The Morgan fingerprint density at radius 1 is 1.39 bits per heavy atom. The Morgan fingerprint density at radius 2 is 2.28 bits per heavy atom. The van der Waals surface area contributed by atoms with Gasteiger partial charge in [-0.3, -0.25) is 0 Å². The molecule has 0 bridgehead atoms. The van der Waals surface area contributed by atoms with Crippen LogP contribution >= 0.6 is 23.1 Å². The molecule has 3 nitrogen and oxygen atoms in total. The third-order valence-electron chi connectivity index (χ3n) is 4.04. The maximum Gasteiger partial charge on any atom is 0.185 e. The first-order chi connectivity index (χ1) is 8.79. The zero-order valence-electron chi connectivity index (χ0n) is 11.1. The minimum Gasteiger partial charge on any atom is -0.347 e. The van der Waals surface area contributed by atoms with Crippen LogP contribution in [0.1, 0.15) is 35.9 Å². The van der Waals surface area contributed by atoms with Crippen LogP contribution in [0.25, 0.3) is 0 Å². The van der Waals surface area contributed by atoms with Gasteiger partial charge in [-0.15, -0.1) is 0 Å². The van der Waals surface area contributed by atoms with Gasteiger partial charge in [-0.05, 0) is 38.5 Å². The summed E-state index contributed by atoms with van der Waals surface area (Å²) in [6.45, 7) is 0. The molecule has 0 saturated carbocycles. The van der Waals surface area contributed by atoms with E-state index in [1.807, 2.05) is 11.3 Å². The monoisotopic (exact) mass is 283 g/mol. The summed E-state index contributed by atoms with van der Waals surface area (Å²) < 4.78 is 0. The van der Waals surface area contributed by atoms with Gasteiger partial charge in [0.25, 0.3) is 0 Å². The van der Waals surface area contributed by atoms with E-state index in [0.717, 1.165) is 6.42 Å². The van der Waals surface area contributed by atoms with Gasteiger partial charge in [0.1, 0.15) is 0 Å². The fourth-order valence-electron chi connectivity index (χ4n) is 2.82. The summed E-state index contributed by atoms with van der Waals surface area (Å²) in [5, 5.41) is 4.66. The molecule has 1 aromatic rings. The van der Waals surface area contributed by atoms with E-state index in [1.165, 1.54) is 46.5 Å². The van der Waals surface area contributed by atoms with Gasteiger partial charge in [0, 0.05) is 29.8 Å². The van der Waals surface area contributed by atoms with Crippen LogP contribution in [0.5, 0.6) is 0 Å². The molecule has 1 aromatic heterocycles. The van der Waals surface area contributed by atoms with E-state index in [9.17, 15) is 0 Å². The molecule has 100 valence electrons. The summed E-state index contributed by atoms with van der Waals surface area (Å²) in [6.07, 6.45) is 5.00. The topological polar surface area (TPSA) is 28.2 Å². The fraction of sp³-hybridized carbons (Fsp3) is 0.769. The summed E-state index contributed by atoms with van der Waals surface area (Å²) in [4.78, 5) is 8.78. The number of aromatic nitrogens is 1. The highest BCUT2D eigenvalue weighted by molar-refractivity contribution is 7.99. The van der Waals surface area contributed by atoms with Crippen LogP contribution in [0.2, 0.25) is 0 Å². The van der Waals surface area contributed by atoms with Crippen molar-refractivity contribution in [1.82, 2.24) is 10.3 Å². The molecule has 1 saturated heterocycles. The molecular weight excluding hydrogens is 262 g/mol. The quantitative estimate of drug-likeness (QED) is 0.923. The Kier molecular flexibility index (Phi) is 3.82. The van der Waals surface area contributed by atoms with Gasteiger partial charge in [-0.1, -0.05) is 11.3 Å². The molecule has 1 aliphatic carbocycles. The van der Waals surface area contributed by atoms with Crippen molar-refractivity contribution >= 4 is 28.2 Å². The normalized spacial score (nSPS) is 27.2. The number of aryl methyl sites for hydroxylation is 1. The molecule has 3 rings (SSSR count). The van der Waals surface area contributed by atoms with Crippen molar-refractivity contribution in [1.29, 1.82) is 0 Å². The van der Waals surface area contributed by atoms with Crippen molar-refractivity contribution in [2.45, 2.75) is 37.8 Å². The van der Waals surface area contributed by atoms with Crippen LogP contribution in [0.3, 0.4) is 0 Å². The maximum absolute atomic E-state index is 4.89. The fourth-order valence-corrected chi connectivity index (χ4v) is 5.37. The van der Waals surface area contributed by atoms with E-state index < -0.39 is 0 Å². The Hall–Kier alpha value is -0.260. The average Bonchev–Trinajstić information content (AvgIpc) is 3.05. The predicted molar refractivity (Wildman–Crippen MR) is 81.0 cm³/mol. The largest absolute Gasteiger partial charge is 0.347 e. The van der Waals surface area contributed by atoms with Gasteiger partial charge in [-0.25, -0.2) is 4.98 Å². The SMILES string of the molecule is CNC1CCCc2nc(N(C)C3CCSC3)sc21. The number of nitrogens with one attached hydrogen (secondary N) is 1. The minimum atomic E-state index is 0.534. The summed E-state index contributed by atoms with van der Waals surface area (Å²) in [5.41, 5.74) is 1.35. The van der Waals surface area contributed by atoms with Crippen molar-refractivity contribution in [3.05, 3.63) is 10.6 Å². The second kappa shape index (κ2) is 5.39. The van der Waals surface area contributed by atoms with Crippen molar-refractivity contribution in [2.24, 2.45) is 0 Å². The van der Waals surface area contributed by atoms with Gasteiger partial charge < -0.3 is 10.2 Å². The molecule has 2 atom stereocenters. The average molecular weight is 283 g/mol. The Morgan fingerprint density at radius 3 is 3.00 bits per heavy atom. The smallest absolute Gasteiger partial charge is 0.185 e. The van der Waals surface area contributed by atoms with Crippen LogP contribution in [0.4, 0.5) is 5.13 Å². The standard InChI is InChI=1S/C13H21N3S2/c1-14-10-4-3-5-11-12(10)18-13(15-11)16(2)9-6-7-17-8-9/h9-10,14H,3-8H2,1-2H3. The third-order valence-corrected chi connectivity index (χ3v) is 6.49. The molecule has 5 heteroatoms. The van der Waals surface area contributed by atoms with Crippen LogP contribution < -0.4 is 10.2 Å². The lowest BCUT2D eigenvalue weighted by Crippen LogP contribution is -2.31. The number of fused-ring (bicyclic) bond motifs is 1. The molecule has 2 aliphatic rings. The van der Waals surface area contributed by atoms with Crippen molar-refractivity contribution < 1.29 is 0 Å². The zero-order valence-corrected chi connectivity index (χ0v) is 12.7. The van der Waals surface area contributed by atoms with E-state index in [2.05, 4.69) is 36.1 Å². The van der Waals surface area contributed by atoms with E-state index in [4.69, 9.17) is 4.98 Å². The Bertz CT molecular complexity index is 412. The summed E-state index contributed by atoms with van der Waals surface area (Å²) in [5.74, 6) is 2.56. The Labute approximate surface area is 117 Å². The molecule has 0 amide bonds. The molecule has 0 aromatic carbocycles. The molecular formula is C13H21N3S2. The molecule has 1 fully saturated rings. The number of thioether (sulfide) groups is 1. The first kappa shape index (κ1) is 12.8. The van der Waals surface area contributed by atoms with E-state index in [1.54, 1.807) is 0 Å². The number of rotatable bonds is 3. The van der Waals surface area contributed by atoms with Crippen molar-refractivity contribution in [3.8, 4) is 0 Å². The number of nitrogens with zero attached hydrogens (tertiary/aromatic N) is 2. The third kappa shape index (κ3) is 2.28. The Balaban J connectivity index is 1.83. The summed E-state index contributed by atoms with van der Waals surface area (Å²) in [7, 11) is 4.28. The van der Waals surface area contributed by atoms with Gasteiger partial charge in [0.15, 0.2) is 5.13 Å². The highest BCUT2D eigenvalue weighted by atomic mass is 32.2. The molecule has 1 N–H and O–H groups in total. The molecule has 2 heterocycles. The molecule has 18 heavy (non-hydrogen) atoms. The lowest BCUT2D eigenvalue weighted by Gasteiger charge is -2.22. The van der Waals surface area contributed by atoms with Crippen molar-refractivity contribution in [3.63, 3.8) is 0 Å². The van der Waals surface area contributed by atoms with Crippen LogP contribution in [0, 0.1) is 0 Å². The second-order valence-corrected chi connectivity index (χ2v) is 7.33. The second-order valence-electron chi connectivity index (χ2n) is 5.17.